The Bertz CT molecular complexity index is 981. The SMILES string of the molecule is O=C(O[C@@H](Cc1c(Cl)cncc1Cl)c1ccc(OC(F)F)c(OCC2CC2)c1)[C@@H]1CCCCN1. The van der Waals surface area contributed by atoms with Crippen LogP contribution in [-0.4, -0.2) is 36.8 Å². The number of aromatic nitrogens is 1. The molecule has 184 valence electrons. The molecule has 1 N–H and O–H groups in total. The van der Waals surface area contributed by atoms with Gasteiger partial charge in [0.15, 0.2) is 11.5 Å². The van der Waals surface area contributed by atoms with Gasteiger partial charge < -0.3 is 19.5 Å². The normalized spacial score (nSPS) is 19.0. The molecule has 1 aromatic heterocycles. The van der Waals surface area contributed by atoms with E-state index in [1.54, 1.807) is 12.1 Å². The molecule has 6 nitrogen and oxygen atoms in total. The van der Waals surface area contributed by atoms with E-state index >= 15 is 0 Å². The quantitative estimate of drug-likeness (QED) is 0.407. The van der Waals surface area contributed by atoms with Crippen molar-refractivity contribution < 1.29 is 27.8 Å². The first-order valence-electron chi connectivity index (χ1n) is 11.3. The van der Waals surface area contributed by atoms with E-state index in [1.165, 1.54) is 18.5 Å². The molecular formula is C24H26Cl2F2N2O4. The summed E-state index contributed by atoms with van der Waals surface area (Å²) in [5.74, 6) is 0.120. The van der Waals surface area contributed by atoms with Crippen molar-refractivity contribution in [1.29, 1.82) is 0 Å². The first-order valence-corrected chi connectivity index (χ1v) is 12.1. The minimum atomic E-state index is -2.99. The lowest BCUT2D eigenvalue weighted by Crippen LogP contribution is -2.42. The molecule has 1 saturated carbocycles. The number of nitrogens with zero attached hydrogens (tertiary/aromatic N) is 1. The summed E-state index contributed by atoms with van der Waals surface area (Å²) in [4.78, 5) is 16.9. The van der Waals surface area contributed by atoms with Gasteiger partial charge in [0, 0.05) is 18.8 Å². The summed E-state index contributed by atoms with van der Waals surface area (Å²) in [5.41, 5.74) is 1.13. The van der Waals surface area contributed by atoms with Crippen molar-refractivity contribution in [3.63, 3.8) is 0 Å². The second-order valence-corrected chi connectivity index (χ2v) is 9.37. The second kappa shape index (κ2) is 11.5. The summed E-state index contributed by atoms with van der Waals surface area (Å²) < 4.78 is 42.2. The van der Waals surface area contributed by atoms with Crippen LogP contribution >= 0.6 is 23.2 Å². The number of piperidine rings is 1. The van der Waals surface area contributed by atoms with E-state index in [9.17, 15) is 13.6 Å². The molecule has 1 aliphatic heterocycles. The van der Waals surface area contributed by atoms with Crippen molar-refractivity contribution in [2.45, 2.75) is 57.3 Å². The molecule has 2 aliphatic rings. The number of hydrogen-bond donors (Lipinski definition) is 1. The van der Waals surface area contributed by atoms with Crippen LogP contribution in [0.1, 0.15) is 49.3 Å². The molecule has 2 aromatic rings. The maximum absolute atomic E-state index is 12.9. The van der Waals surface area contributed by atoms with Crippen LogP contribution in [0.25, 0.3) is 0 Å². The van der Waals surface area contributed by atoms with E-state index in [0.29, 0.717) is 40.1 Å². The fourth-order valence-electron chi connectivity index (χ4n) is 3.84. The van der Waals surface area contributed by atoms with E-state index in [-0.39, 0.29) is 23.9 Å². The molecule has 2 fully saturated rings. The molecule has 2 atom stereocenters. The Balaban J connectivity index is 1.63. The maximum Gasteiger partial charge on any atom is 0.387 e. The Morgan fingerprint density at radius 2 is 1.88 bits per heavy atom. The standard InChI is InChI=1S/C24H26Cl2F2N2O4/c25-17-11-29-12-18(26)16(17)10-21(33-23(31)19-3-1-2-8-30-19)15-6-7-20(34-24(27)28)22(9-15)32-13-14-4-5-14/h6-7,9,11-12,14,19,21,24,30H,1-5,8,10,13H2/t19-,21-/m0/s1. The number of carbonyl (C=O) groups is 1. The van der Waals surface area contributed by atoms with Crippen molar-refractivity contribution in [3.05, 3.63) is 51.8 Å². The minimum Gasteiger partial charge on any atom is -0.489 e. The molecule has 10 heteroatoms. The third-order valence-electron chi connectivity index (χ3n) is 5.92. The first kappa shape index (κ1) is 24.9. The van der Waals surface area contributed by atoms with E-state index in [1.807, 2.05) is 0 Å². The Morgan fingerprint density at radius 3 is 2.53 bits per heavy atom. The predicted octanol–water partition coefficient (Wildman–Crippen LogP) is 5.75. The molecule has 1 saturated heterocycles. The number of esters is 1. The molecule has 1 aromatic carbocycles. The number of alkyl halides is 2. The van der Waals surface area contributed by atoms with Gasteiger partial charge in [-0.1, -0.05) is 35.7 Å². The van der Waals surface area contributed by atoms with Gasteiger partial charge in [-0.2, -0.15) is 8.78 Å². The van der Waals surface area contributed by atoms with E-state index in [0.717, 1.165) is 32.2 Å². The van der Waals surface area contributed by atoms with Crippen LogP contribution in [0, 0.1) is 5.92 Å². The molecule has 2 heterocycles. The number of halogens is 4. The highest BCUT2D eigenvalue weighted by molar-refractivity contribution is 6.35. The molecule has 1 aliphatic carbocycles. The van der Waals surface area contributed by atoms with Crippen LogP contribution < -0.4 is 14.8 Å². The summed E-state index contributed by atoms with van der Waals surface area (Å²) in [6.45, 7) is -1.85. The first-order chi connectivity index (χ1) is 16.4. The van der Waals surface area contributed by atoms with Gasteiger partial charge in [0.2, 0.25) is 0 Å². The van der Waals surface area contributed by atoms with Crippen LogP contribution in [0.2, 0.25) is 10.0 Å². The van der Waals surface area contributed by atoms with Gasteiger partial charge in [0.25, 0.3) is 0 Å². The topological polar surface area (TPSA) is 69.7 Å². The lowest BCUT2D eigenvalue weighted by Gasteiger charge is -2.26. The van der Waals surface area contributed by atoms with Crippen molar-refractivity contribution in [3.8, 4) is 11.5 Å². The Kier molecular flexibility index (Phi) is 8.45. The molecule has 0 bridgehead atoms. The number of pyridine rings is 1. The van der Waals surface area contributed by atoms with Gasteiger partial charge in [-0.3, -0.25) is 9.78 Å². The summed E-state index contributed by atoms with van der Waals surface area (Å²) in [6, 6.07) is 4.15. The fraction of sp³-hybridized carbons (Fsp3) is 0.500. The molecule has 0 radical (unpaired) electrons. The molecule has 34 heavy (non-hydrogen) atoms. The molecule has 4 rings (SSSR count). The average Bonchev–Trinajstić information content (AvgIpc) is 3.65. The van der Waals surface area contributed by atoms with E-state index in [2.05, 4.69) is 15.0 Å². The van der Waals surface area contributed by atoms with Crippen molar-refractivity contribution >= 4 is 29.2 Å². The minimum absolute atomic E-state index is 0.0709. The smallest absolute Gasteiger partial charge is 0.387 e. The third-order valence-corrected chi connectivity index (χ3v) is 6.57. The van der Waals surface area contributed by atoms with Crippen LogP contribution in [0.15, 0.2) is 30.6 Å². The monoisotopic (exact) mass is 514 g/mol. The average molecular weight is 515 g/mol. The summed E-state index contributed by atoms with van der Waals surface area (Å²) in [6.07, 6.45) is 7.02. The van der Waals surface area contributed by atoms with Crippen molar-refractivity contribution in [2.75, 3.05) is 13.2 Å². The summed E-state index contributed by atoms with van der Waals surface area (Å²) in [7, 11) is 0. The zero-order chi connectivity index (χ0) is 24.1. The number of rotatable bonds is 10. The van der Waals surface area contributed by atoms with Gasteiger partial charge in [0.05, 0.1) is 16.7 Å². The Labute approximate surface area is 206 Å². The Morgan fingerprint density at radius 1 is 1.12 bits per heavy atom. The Hall–Kier alpha value is -2.16. The maximum atomic E-state index is 12.9. The highest BCUT2D eigenvalue weighted by atomic mass is 35.5. The number of hydrogen-bond acceptors (Lipinski definition) is 6. The lowest BCUT2D eigenvalue weighted by molar-refractivity contribution is -0.152. The van der Waals surface area contributed by atoms with Crippen molar-refractivity contribution in [2.24, 2.45) is 5.92 Å². The van der Waals surface area contributed by atoms with Crippen LogP contribution in [0.3, 0.4) is 0 Å². The van der Waals surface area contributed by atoms with Gasteiger partial charge in [-0.05, 0) is 61.4 Å². The van der Waals surface area contributed by atoms with Gasteiger partial charge >= 0.3 is 12.6 Å². The molecule has 0 spiro atoms. The van der Waals surface area contributed by atoms with Gasteiger partial charge in [0.1, 0.15) is 12.1 Å². The lowest BCUT2D eigenvalue weighted by atomic mass is 10.0. The van der Waals surface area contributed by atoms with E-state index < -0.39 is 18.8 Å². The number of carbonyl (C=O) groups excluding carboxylic acids is 1. The third kappa shape index (κ3) is 6.71. The fourth-order valence-corrected chi connectivity index (χ4v) is 4.36. The summed E-state index contributed by atoms with van der Waals surface area (Å²) in [5, 5.41) is 3.86. The summed E-state index contributed by atoms with van der Waals surface area (Å²) >= 11 is 12.6. The largest absolute Gasteiger partial charge is 0.489 e. The van der Waals surface area contributed by atoms with E-state index in [4.69, 9.17) is 32.7 Å². The van der Waals surface area contributed by atoms with Crippen molar-refractivity contribution in [1.82, 2.24) is 10.3 Å². The molecular weight excluding hydrogens is 489 g/mol. The zero-order valence-corrected chi connectivity index (χ0v) is 20.0. The van der Waals surface area contributed by atoms with Crippen LogP contribution in [0.4, 0.5) is 8.78 Å². The second-order valence-electron chi connectivity index (χ2n) is 8.55. The number of benzene rings is 1. The van der Waals surface area contributed by atoms with Gasteiger partial charge in [-0.15, -0.1) is 0 Å². The number of nitrogens with one attached hydrogen (secondary N) is 1. The predicted molar refractivity (Wildman–Crippen MR) is 124 cm³/mol. The zero-order valence-electron chi connectivity index (χ0n) is 18.4. The highest BCUT2D eigenvalue weighted by Crippen LogP contribution is 2.38. The number of ether oxygens (including phenoxy) is 3. The van der Waals surface area contributed by atoms with Crippen LogP contribution in [0.5, 0.6) is 11.5 Å². The molecule has 0 amide bonds. The highest BCUT2D eigenvalue weighted by Gasteiger charge is 2.28. The molecule has 0 unspecified atom stereocenters. The van der Waals surface area contributed by atoms with Crippen LogP contribution in [-0.2, 0) is 16.0 Å². The van der Waals surface area contributed by atoms with Gasteiger partial charge in [-0.25, -0.2) is 0 Å².